The number of hydrogen-bond donors (Lipinski definition) is 1. The molecule has 2 aliphatic heterocycles. The first kappa shape index (κ1) is 9.95. The second-order valence-corrected chi connectivity index (χ2v) is 5.20. The lowest BCUT2D eigenvalue weighted by atomic mass is 9.65. The first-order chi connectivity index (χ1) is 6.49. The molecular weight excluding hydrogens is 176 g/mol. The molecule has 0 aliphatic carbocycles. The van der Waals surface area contributed by atoms with Crippen LogP contribution in [0.15, 0.2) is 0 Å². The lowest BCUT2D eigenvalue weighted by Crippen LogP contribution is -2.55. The summed E-state index contributed by atoms with van der Waals surface area (Å²) in [7, 11) is 0. The number of nitriles is 1. The molecule has 0 amide bonds. The Morgan fingerprint density at radius 1 is 1.50 bits per heavy atom. The van der Waals surface area contributed by atoms with Crippen LogP contribution in [0.3, 0.4) is 0 Å². The van der Waals surface area contributed by atoms with E-state index in [9.17, 15) is 5.11 Å². The van der Waals surface area contributed by atoms with Gasteiger partial charge in [0, 0.05) is 19.0 Å². The highest BCUT2D eigenvalue weighted by atomic mass is 16.3. The van der Waals surface area contributed by atoms with Crippen LogP contribution in [-0.4, -0.2) is 35.2 Å². The van der Waals surface area contributed by atoms with Crippen molar-refractivity contribution in [2.24, 2.45) is 11.3 Å². The maximum atomic E-state index is 10.6. The minimum Gasteiger partial charge on any atom is -0.388 e. The fourth-order valence-electron chi connectivity index (χ4n) is 2.88. The van der Waals surface area contributed by atoms with Crippen LogP contribution in [0.5, 0.6) is 0 Å². The molecule has 0 spiro atoms. The van der Waals surface area contributed by atoms with E-state index in [2.05, 4.69) is 11.0 Å². The number of fused-ring (bicyclic) bond motifs is 2. The maximum absolute atomic E-state index is 10.6. The third-order valence-electron chi connectivity index (χ3n) is 4.12. The van der Waals surface area contributed by atoms with Gasteiger partial charge in [0.15, 0.2) is 0 Å². The summed E-state index contributed by atoms with van der Waals surface area (Å²) in [6.07, 6.45) is 1.79. The van der Waals surface area contributed by atoms with E-state index in [1.165, 1.54) is 0 Å². The zero-order chi connectivity index (χ0) is 10.4. The minimum atomic E-state index is -0.769. The Balaban J connectivity index is 2.28. The number of rotatable bonds is 1. The van der Waals surface area contributed by atoms with E-state index in [0.717, 1.165) is 32.5 Å². The number of piperidine rings is 1. The predicted octanol–water partition coefficient (Wildman–Crippen LogP) is 0.993. The monoisotopic (exact) mass is 194 g/mol. The molecule has 1 N–H and O–H groups in total. The molecule has 0 saturated carbocycles. The molecule has 2 aliphatic rings. The molecule has 14 heavy (non-hydrogen) atoms. The summed E-state index contributed by atoms with van der Waals surface area (Å²) in [6, 6.07) is 2.27. The molecule has 0 aromatic carbocycles. The van der Waals surface area contributed by atoms with E-state index in [-0.39, 0.29) is 0 Å². The van der Waals surface area contributed by atoms with Gasteiger partial charge in [0.1, 0.15) is 0 Å². The smallest absolute Gasteiger partial charge is 0.0880 e. The molecule has 2 fully saturated rings. The zero-order valence-corrected chi connectivity index (χ0v) is 8.95. The molecule has 0 radical (unpaired) electrons. The van der Waals surface area contributed by atoms with Gasteiger partial charge in [-0.3, -0.25) is 0 Å². The van der Waals surface area contributed by atoms with Gasteiger partial charge >= 0.3 is 0 Å². The topological polar surface area (TPSA) is 47.3 Å². The number of hydrogen-bond acceptors (Lipinski definition) is 3. The van der Waals surface area contributed by atoms with Crippen molar-refractivity contribution in [2.45, 2.75) is 32.3 Å². The Kier molecular flexibility index (Phi) is 2.09. The van der Waals surface area contributed by atoms with Gasteiger partial charge in [0.25, 0.3) is 0 Å². The van der Waals surface area contributed by atoms with Gasteiger partial charge in [-0.1, -0.05) is 0 Å². The summed E-state index contributed by atoms with van der Waals surface area (Å²) < 4.78 is 0. The first-order valence-corrected chi connectivity index (χ1v) is 5.35. The normalized spacial score (nSPS) is 42.1. The Morgan fingerprint density at radius 2 is 2.21 bits per heavy atom. The highest BCUT2D eigenvalue weighted by molar-refractivity contribution is 5.12. The molecule has 3 atom stereocenters. The standard InChI is InChI=1S/C11H18N2O/c1-10(2,8-12)11(14)4-6-13-5-3-9(11)7-13/h9,14H,3-7H2,1-2H3. The van der Waals surface area contributed by atoms with Crippen molar-refractivity contribution >= 4 is 0 Å². The lowest BCUT2D eigenvalue weighted by Gasteiger charge is -2.45. The quantitative estimate of drug-likeness (QED) is 0.677. The predicted molar refractivity (Wildman–Crippen MR) is 53.5 cm³/mol. The summed E-state index contributed by atoms with van der Waals surface area (Å²) in [6.45, 7) is 6.73. The molecule has 3 nitrogen and oxygen atoms in total. The average molecular weight is 194 g/mol. The second-order valence-electron chi connectivity index (χ2n) is 5.20. The molecule has 3 heteroatoms. The van der Waals surface area contributed by atoms with Gasteiger partial charge in [-0.05, 0) is 33.2 Å². The van der Waals surface area contributed by atoms with Crippen molar-refractivity contribution < 1.29 is 5.11 Å². The summed E-state index contributed by atoms with van der Waals surface area (Å²) in [5, 5.41) is 19.8. The number of aliphatic hydroxyl groups is 1. The summed E-state index contributed by atoms with van der Waals surface area (Å²) >= 11 is 0. The van der Waals surface area contributed by atoms with Crippen molar-refractivity contribution in [1.29, 1.82) is 5.26 Å². The summed E-state index contributed by atoms with van der Waals surface area (Å²) in [5.74, 6) is 0.297. The molecule has 2 heterocycles. The van der Waals surface area contributed by atoms with Crippen molar-refractivity contribution in [3.63, 3.8) is 0 Å². The Labute approximate surface area is 85.3 Å². The van der Waals surface area contributed by atoms with E-state index >= 15 is 0 Å². The van der Waals surface area contributed by atoms with Crippen LogP contribution in [0, 0.1) is 22.7 Å². The lowest BCUT2D eigenvalue weighted by molar-refractivity contribution is -0.107. The molecule has 3 unspecified atom stereocenters. The van der Waals surface area contributed by atoms with Crippen molar-refractivity contribution in [2.75, 3.05) is 19.6 Å². The minimum absolute atomic E-state index is 0.297. The molecule has 2 rings (SSSR count). The van der Waals surface area contributed by atoms with E-state index in [4.69, 9.17) is 5.26 Å². The summed E-state index contributed by atoms with van der Waals surface area (Å²) in [4.78, 5) is 2.38. The van der Waals surface area contributed by atoms with Crippen LogP contribution in [0.2, 0.25) is 0 Å². The molecule has 78 valence electrons. The molecule has 2 saturated heterocycles. The number of nitrogens with zero attached hydrogens (tertiary/aromatic N) is 2. The van der Waals surface area contributed by atoms with Crippen LogP contribution in [0.1, 0.15) is 26.7 Å². The van der Waals surface area contributed by atoms with Gasteiger partial charge in [-0.25, -0.2) is 0 Å². The Morgan fingerprint density at radius 3 is 2.86 bits per heavy atom. The van der Waals surface area contributed by atoms with E-state index < -0.39 is 11.0 Å². The molecule has 0 aromatic heterocycles. The van der Waals surface area contributed by atoms with Crippen LogP contribution >= 0.6 is 0 Å². The van der Waals surface area contributed by atoms with Crippen molar-refractivity contribution in [1.82, 2.24) is 4.90 Å². The third-order valence-corrected chi connectivity index (χ3v) is 4.12. The van der Waals surface area contributed by atoms with E-state index in [1.54, 1.807) is 0 Å². The molecular formula is C11H18N2O. The van der Waals surface area contributed by atoms with Crippen LogP contribution in [0.25, 0.3) is 0 Å². The highest BCUT2D eigenvalue weighted by Crippen LogP contribution is 2.46. The van der Waals surface area contributed by atoms with Crippen molar-refractivity contribution in [3.05, 3.63) is 0 Å². The van der Waals surface area contributed by atoms with Crippen LogP contribution < -0.4 is 0 Å². The SMILES string of the molecule is CC(C)(C#N)C1(O)CCN2CCC1C2. The van der Waals surface area contributed by atoms with E-state index in [0.29, 0.717) is 5.92 Å². The average Bonchev–Trinajstić information content (AvgIpc) is 2.57. The Bertz CT molecular complexity index is 282. The van der Waals surface area contributed by atoms with Gasteiger partial charge < -0.3 is 10.0 Å². The van der Waals surface area contributed by atoms with Crippen LogP contribution in [-0.2, 0) is 0 Å². The Hall–Kier alpha value is -0.590. The van der Waals surface area contributed by atoms with Crippen molar-refractivity contribution in [3.8, 4) is 6.07 Å². The zero-order valence-electron chi connectivity index (χ0n) is 8.95. The van der Waals surface area contributed by atoms with Gasteiger partial charge in [0.05, 0.1) is 17.1 Å². The largest absolute Gasteiger partial charge is 0.388 e. The van der Waals surface area contributed by atoms with Gasteiger partial charge in [0.2, 0.25) is 0 Å². The second kappa shape index (κ2) is 2.95. The third kappa shape index (κ3) is 1.18. The van der Waals surface area contributed by atoms with E-state index in [1.807, 2.05) is 13.8 Å². The fourth-order valence-corrected chi connectivity index (χ4v) is 2.88. The molecule has 0 aromatic rings. The first-order valence-electron chi connectivity index (χ1n) is 5.35. The van der Waals surface area contributed by atoms with Gasteiger partial charge in [-0.15, -0.1) is 0 Å². The summed E-state index contributed by atoms with van der Waals surface area (Å²) in [5.41, 5.74) is -1.39. The van der Waals surface area contributed by atoms with Gasteiger partial charge in [-0.2, -0.15) is 5.26 Å². The van der Waals surface area contributed by atoms with Crippen LogP contribution in [0.4, 0.5) is 0 Å². The molecule has 2 bridgehead atoms. The highest BCUT2D eigenvalue weighted by Gasteiger charge is 2.53. The fraction of sp³-hybridized carbons (Fsp3) is 0.909. The maximum Gasteiger partial charge on any atom is 0.0880 e.